The third kappa shape index (κ3) is 2.95. The average Bonchev–Trinajstić information content (AvgIpc) is 3.03. The molecule has 0 saturated carbocycles. The van der Waals surface area contributed by atoms with E-state index in [9.17, 15) is 4.39 Å². The van der Waals surface area contributed by atoms with Gasteiger partial charge in [0, 0.05) is 53.6 Å². The van der Waals surface area contributed by atoms with E-state index in [1.807, 2.05) is 12.3 Å². The standard InChI is InChI=1S/C19H17ClFN3/c20-15-3-4-18(21)14(10-15)12-24-8-5-13(6-9-24)17-11-23-19-16(17)2-1-7-22-19/h1-5,7,10-11H,6,8-9,12H2,(H,22,23). The Labute approximate surface area is 144 Å². The Balaban J connectivity index is 1.52. The molecule has 0 radical (unpaired) electrons. The molecule has 3 aromatic rings. The molecular formula is C19H17ClFN3. The van der Waals surface area contributed by atoms with E-state index in [4.69, 9.17) is 11.6 Å². The van der Waals surface area contributed by atoms with Crippen LogP contribution >= 0.6 is 11.6 Å². The smallest absolute Gasteiger partial charge is 0.137 e. The van der Waals surface area contributed by atoms with Gasteiger partial charge in [-0.25, -0.2) is 9.37 Å². The first-order valence-corrected chi connectivity index (χ1v) is 8.36. The highest BCUT2D eigenvalue weighted by Crippen LogP contribution is 2.29. The van der Waals surface area contributed by atoms with Crippen molar-refractivity contribution in [1.82, 2.24) is 14.9 Å². The number of nitrogens with one attached hydrogen (secondary N) is 1. The molecule has 1 N–H and O–H groups in total. The van der Waals surface area contributed by atoms with Crippen LogP contribution in [0.2, 0.25) is 5.02 Å². The fraction of sp³-hybridized carbons (Fsp3) is 0.211. The van der Waals surface area contributed by atoms with Gasteiger partial charge < -0.3 is 4.98 Å². The Morgan fingerprint density at radius 3 is 3.04 bits per heavy atom. The van der Waals surface area contributed by atoms with Crippen LogP contribution < -0.4 is 0 Å². The largest absolute Gasteiger partial charge is 0.346 e. The van der Waals surface area contributed by atoms with Gasteiger partial charge in [-0.05, 0) is 42.3 Å². The van der Waals surface area contributed by atoms with E-state index in [2.05, 4.69) is 27.0 Å². The van der Waals surface area contributed by atoms with Crippen molar-refractivity contribution in [1.29, 1.82) is 0 Å². The molecule has 0 unspecified atom stereocenters. The van der Waals surface area contributed by atoms with Gasteiger partial charge in [0.2, 0.25) is 0 Å². The minimum absolute atomic E-state index is 0.197. The minimum Gasteiger partial charge on any atom is -0.346 e. The van der Waals surface area contributed by atoms with Crippen LogP contribution in [0.15, 0.2) is 48.8 Å². The first kappa shape index (κ1) is 15.4. The third-order valence-corrected chi connectivity index (χ3v) is 4.73. The van der Waals surface area contributed by atoms with Gasteiger partial charge in [-0.15, -0.1) is 0 Å². The molecule has 0 bridgehead atoms. The van der Waals surface area contributed by atoms with Gasteiger partial charge in [0.05, 0.1) is 0 Å². The van der Waals surface area contributed by atoms with Crippen LogP contribution in [0.5, 0.6) is 0 Å². The van der Waals surface area contributed by atoms with Gasteiger partial charge in [0.1, 0.15) is 11.5 Å². The van der Waals surface area contributed by atoms with E-state index in [1.54, 1.807) is 18.3 Å². The second kappa shape index (κ2) is 6.38. The molecule has 24 heavy (non-hydrogen) atoms. The highest BCUT2D eigenvalue weighted by Gasteiger charge is 2.17. The van der Waals surface area contributed by atoms with Gasteiger partial charge in [-0.2, -0.15) is 0 Å². The van der Waals surface area contributed by atoms with Crippen molar-refractivity contribution in [3.8, 4) is 0 Å². The Hall–Kier alpha value is -2.17. The van der Waals surface area contributed by atoms with E-state index < -0.39 is 0 Å². The van der Waals surface area contributed by atoms with Gasteiger partial charge >= 0.3 is 0 Å². The molecule has 4 rings (SSSR count). The topological polar surface area (TPSA) is 31.9 Å². The maximum absolute atomic E-state index is 13.9. The lowest BCUT2D eigenvalue weighted by molar-refractivity contribution is 0.289. The predicted molar refractivity (Wildman–Crippen MR) is 95.4 cm³/mol. The quantitative estimate of drug-likeness (QED) is 0.752. The van der Waals surface area contributed by atoms with E-state index in [-0.39, 0.29) is 5.82 Å². The zero-order chi connectivity index (χ0) is 16.5. The summed E-state index contributed by atoms with van der Waals surface area (Å²) in [5, 5.41) is 1.73. The monoisotopic (exact) mass is 341 g/mol. The van der Waals surface area contributed by atoms with Crippen molar-refractivity contribution in [2.45, 2.75) is 13.0 Å². The van der Waals surface area contributed by atoms with Crippen LogP contribution in [0.25, 0.3) is 16.6 Å². The van der Waals surface area contributed by atoms with Gasteiger partial charge in [-0.1, -0.05) is 17.7 Å². The lowest BCUT2D eigenvalue weighted by atomic mass is 9.99. The van der Waals surface area contributed by atoms with Crippen LogP contribution in [0, 0.1) is 5.82 Å². The molecular weight excluding hydrogens is 325 g/mol. The number of benzene rings is 1. The molecule has 122 valence electrons. The molecule has 0 amide bonds. The summed E-state index contributed by atoms with van der Waals surface area (Å²) in [5.41, 5.74) is 4.09. The van der Waals surface area contributed by atoms with Gasteiger partial charge in [0.25, 0.3) is 0 Å². The van der Waals surface area contributed by atoms with E-state index >= 15 is 0 Å². The second-order valence-corrected chi connectivity index (χ2v) is 6.49. The van der Waals surface area contributed by atoms with Crippen LogP contribution in [0.1, 0.15) is 17.5 Å². The number of hydrogen-bond donors (Lipinski definition) is 1. The molecule has 0 saturated heterocycles. The van der Waals surface area contributed by atoms with Crippen LogP contribution in [0.4, 0.5) is 4.39 Å². The molecule has 0 atom stereocenters. The molecule has 3 heterocycles. The summed E-state index contributed by atoms with van der Waals surface area (Å²) in [7, 11) is 0. The SMILES string of the molecule is Fc1ccc(Cl)cc1CN1CC=C(c2c[nH]c3ncccc23)CC1. The molecule has 3 nitrogen and oxygen atoms in total. The Bertz CT molecular complexity index is 916. The summed E-state index contributed by atoms with van der Waals surface area (Å²) < 4.78 is 13.9. The van der Waals surface area contributed by atoms with Crippen molar-refractivity contribution in [3.05, 3.63) is 70.8 Å². The third-order valence-electron chi connectivity index (χ3n) is 4.49. The highest BCUT2D eigenvalue weighted by molar-refractivity contribution is 6.30. The first-order valence-electron chi connectivity index (χ1n) is 7.98. The molecule has 5 heteroatoms. The van der Waals surface area contributed by atoms with Gasteiger partial charge in [-0.3, -0.25) is 4.90 Å². The first-order chi connectivity index (χ1) is 11.7. The van der Waals surface area contributed by atoms with Crippen LogP contribution in [-0.4, -0.2) is 28.0 Å². The molecule has 0 fully saturated rings. The molecule has 0 spiro atoms. The van der Waals surface area contributed by atoms with Crippen LogP contribution in [0.3, 0.4) is 0 Å². The number of halogens is 2. The van der Waals surface area contributed by atoms with Crippen molar-refractivity contribution in [2.75, 3.05) is 13.1 Å². The fourth-order valence-corrected chi connectivity index (χ4v) is 3.42. The lowest BCUT2D eigenvalue weighted by Gasteiger charge is -2.26. The molecule has 1 aliphatic rings. The lowest BCUT2D eigenvalue weighted by Crippen LogP contribution is -2.28. The number of fused-ring (bicyclic) bond motifs is 1. The highest BCUT2D eigenvalue weighted by atomic mass is 35.5. The zero-order valence-corrected chi connectivity index (χ0v) is 13.9. The van der Waals surface area contributed by atoms with Crippen molar-refractivity contribution < 1.29 is 4.39 Å². The molecule has 0 aliphatic carbocycles. The molecule has 1 aromatic carbocycles. The van der Waals surface area contributed by atoms with Crippen molar-refractivity contribution in [2.24, 2.45) is 0 Å². The summed E-state index contributed by atoms with van der Waals surface area (Å²) in [5.74, 6) is -0.197. The summed E-state index contributed by atoms with van der Waals surface area (Å²) in [6, 6.07) is 8.77. The minimum atomic E-state index is -0.197. The van der Waals surface area contributed by atoms with E-state index in [1.165, 1.54) is 17.2 Å². The molecule has 2 aromatic heterocycles. The number of aromatic amines is 1. The number of hydrogen-bond acceptors (Lipinski definition) is 2. The molecule has 1 aliphatic heterocycles. The van der Waals surface area contributed by atoms with E-state index in [0.717, 1.165) is 30.5 Å². The van der Waals surface area contributed by atoms with Crippen molar-refractivity contribution in [3.63, 3.8) is 0 Å². The Kier molecular flexibility index (Phi) is 4.08. The van der Waals surface area contributed by atoms with Gasteiger partial charge in [0.15, 0.2) is 0 Å². The van der Waals surface area contributed by atoms with E-state index in [0.29, 0.717) is 17.1 Å². The fourth-order valence-electron chi connectivity index (χ4n) is 3.23. The second-order valence-electron chi connectivity index (χ2n) is 6.05. The van der Waals surface area contributed by atoms with Crippen LogP contribution in [-0.2, 0) is 6.54 Å². The normalized spacial score (nSPS) is 15.7. The number of aromatic nitrogens is 2. The summed E-state index contributed by atoms with van der Waals surface area (Å²) in [6.45, 7) is 2.27. The maximum Gasteiger partial charge on any atom is 0.137 e. The Morgan fingerprint density at radius 2 is 2.21 bits per heavy atom. The number of pyridine rings is 1. The average molecular weight is 342 g/mol. The number of nitrogens with zero attached hydrogens (tertiary/aromatic N) is 2. The zero-order valence-electron chi connectivity index (χ0n) is 13.1. The number of H-pyrrole nitrogens is 1. The summed E-state index contributed by atoms with van der Waals surface area (Å²) >= 11 is 5.97. The van der Waals surface area contributed by atoms with Crippen molar-refractivity contribution >= 4 is 28.2 Å². The summed E-state index contributed by atoms with van der Waals surface area (Å²) in [6.07, 6.45) is 6.97. The summed E-state index contributed by atoms with van der Waals surface area (Å²) in [4.78, 5) is 9.79. The predicted octanol–water partition coefficient (Wildman–Crippen LogP) is 4.64. The number of rotatable bonds is 3. The maximum atomic E-state index is 13.9. The Morgan fingerprint density at radius 1 is 1.29 bits per heavy atom.